The van der Waals surface area contributed by atoms with Gasteiger partial charge in [0.2, 0.25) is 0 Å². The summed E-state index contributed by atoms with van der Waals surface area (Å²) in [6.07, 6.45) is -1.62. The van der Waals surface area contributed by atoms with Gasteiger partial charge in [0.15, 0.2) is 17.6 Å². The van der Waals surface area contributed by atoms with Crippen molar-refractivity contribution in [2.45, 2.75) is 19.1 Å². The van der Waals surface area contributed by atoms with E-state index in [4.69, 9.17) is 20.5 Å². The van der Waals surface area contributed by atoms with Crippen molar-refractivity contribution in [2.24, 2.45) is 0 Å². The number of aliphatic hydroxyl groups excluding tert-OH is 1. The Labute approximate surface area is 155 Å². The molecule has 0 heterocycles. The lowest BCUT2D eigenvalue weighted by molar-refractivity contribution is 0.0178. The van der Waals surface area contributed by atoms with Crippen LogP contribution in [0.3, 0.4) is 0 Å². The summed E-state index contributed by atoms with van der Waals surface area (Å²) in [6, 6.07) is 14.1. The van der Waals surface area contributed by atoms with Gasteiger partial charge in [-0.2, -0.15) is 8.42 Å². The third kappa shape index (κ3) is 5.74. The fraction of sp³-hybridized carbons (Fsp3) is 0.333. The molecule has 2 aromatic rings. The fourth-order valence-corrected chi connectivity index (χ4v) is 2.84. The number of rotatable bonds is 9. The zero-order valence-electron chi connectivity index (χ0n) is 18.5. The summed E-state index contributed by atoms with van der Waals surface area (Å²) in [4.78, 5) is 0. The largest absolute Gasteiger partial charge is 0.490 e. The quantitative estimate of drug-likeness (QED) is 0.682. The number of benzene rings is 2. The number of hydrogen-bond acceptors (Lipinski definition) is 6. The van der Waals surface area contributed by atoms with Gasteiger partial charge in [-0.15, -0.1) is 0 Å². The Morgan fingerprint density at radius 2 is 1.76 bits per heavy atom. The second-order valence-corrected chi connectivity index (χ2v) is 6.72. The molecule has 0 radical (unpaired) electrons. The van der Waals surface area contributed by atoms with Crippen LogP contribution in [0.1, 0.15) is 25.4 Å². The van der Waals surface area contributed by atoms with Crippen LogP contribution in [-0.4, -0.2) is 39.0 Å². The van der Waals surface area contributed by atoms with Crippen molar-refractivity contribution in [3.8, 4) is 11.5 Å². The molecule has 0 saturated carbocycles. The first-order chi connectivity index (χ1) is 13.8. The molecule has 25 heavy (non-hydrogen) atoms. The molecule has 2 unspecified atom stereocenters. The molecule has 0 amide bonds. The van der Waals surface area contributed by atoms with Gasteiger partial charge < -0.3 is 14.6 Å². The molecule has 0 bridgehead atoms. The van der Waals surface area contributed by atoms with Crippen molar-refractivity contribution in [1.29, 1.82) is 0 Å². The maximum Gasteiger partial charge on any atom is 0.264 e. The Balaban J connectivity index is 2.44. The van der Waals surface area contributed by atoms with Gasteiger partial charge >= 0.3 is 0 Å². The third-order valence-electron chi connectivity index (χ3n) is 3.21. The summed E-state index contributed by atoms with van der Waals surface area (Å²) >= 11 is 0. The highest BCUT2D eigenvalue weighted by Gasteiger charge is 2.29. The Hall–Kier alpha value is -2.09. The minimum absolute atomic E-state index is 0.0602. The molecule has 0 aromatic heterocycles. The second-order valence-electron chi connectivity index (χ2n) is 5.12. The van der Waals surface area contributed by atoms with Crippen LogP contribution >= 0.6 is 0 Å². The van der Waals surface area contributed by atoms with Crippen LogP contribution < -0.4 is 9.47 Å². The topological polar surface area (TPSA) is 82.1 Å². The maximum absolute atomic E-state index is 11.6. The molecule has 6 nitrogen and oxygen atoms in total. The predicted molar refractivity (Wildman–Crippen MR) is 94.2 cm³/mol. The number of para-hydroxylation sites is 2. The lowest BCUT2D eigenvalue weighted by Crippen LogP contribution is -2.32. The van der Waals surface area contributed by atoms with E-state index in [0.717, 1.165) is 6.26 Å². The zero-order chi connectivity index (χ0) is 22.6. The van der Waals surface area contributed by atoms with Crippen LogP contribution in [0, 0.1) is 0 Å². The number of ether oxygens (including phenoxy) is 2. The molecule has 1 N–H and O–H groups in total. The summed E-state index contributed by atoms with van der Waals surface area (Å²) < 4.78 is 76.4. The normalized spacial score (nSPS) is 17.9. The van der Waals surface area contributed by atoms with E-state index in [9.17, 15) is 13.5 Å². The van der Waals surface area contributed by atoms with Gasteiger partial charge in [0.05, 0.1) is 22.2 Å². The summed E-state index contributed by atoms with van der Waals surface area (Å²) in [5.74, 6) is -0.273. The highest BCUT2D eigenvalue weighted by Crippen LogP contribution is 2.33. The second kappa shape index (κ2) is 8.84. The first-order valence-corrected chi connectivity index (χ1v) is 9.14. The standard InChI is InChI=1S/C18H22O6S/c1-3-22-15-11-7-8-12-16(15)23-18(14-9-5-4-6-10-14)17(13-19)24-25(2,20)21/h4-12,17-19H,3,13H2,1-2H3/i1D3,3D2. The molecular weight excluding hydrogens is 344 g/mol. The molecule has 0 aliphatic rings. The Morgan fingerprint density at radius 1 is 1.12 bits per heavy atom. The minimum Gasteiger partial charge on any atom is -0.490 e. The zero-order valence-corrected chi connectivity index (χ0v) is 14.3. The summed E-state index contributed by atoms with van der Waals surface area (Å²) in [5.41, 5.74) is 0.467. The van der Waals surface area contributed by atoms with E-state index in [1.165, 1.54) is 18.2 Å². The van der Waals surface area contributed by atoms with Gasteiger partial charge in [-0.1, -0.05) is 42.5 Å². The van der Waals surface area contributed by atoms with Gasteiger partial charge in [0.25, 0.3) is 10.1 Å². The van der Waals surface area contributed by atoms with E-state index >= 15 is 0 Å². The smallest absolute Gasteiger partial charge is 0.264 e. The van der Waals surface area contributed by atoms with Crippen LogP contribution in [0.4, 0.5) is 0 Å². The van der Waals surface area contributed by atoms with Crippen molar-refractivity contribution >= 4 is 10.1 Å². The molecule has 0 spiro atoms. The average Bonchev–Trinajstić information content (AvgIpc) is 2.64. The lowest BCUT2D eigenvalue weighted by Gasteiger charge is -2.27. The van der Waals surface area contributed by atoms with Gasteiger partial charge in [-0.25, -0.2) is 0 Å². The van der Waals surface area contributed by atoms with Gasteiger partial charge in [-0.3, -0.25) is 4.18 Å². The first kappa shape index (κ1) is 13.2. The summed E-state index contributed by atoms with van der Waals surface area (Å²) in [7, 11) is -3.94. The van der Waals surface area contributed by atoms with E-state index < -0.39 is 42.3 Å². The van der Waals surface area contributed by atoms with Crippen molar-refractivity contribution in [1.82, 2.24) is 0 Å². The average molecular weight is 371 g/mol. The molecular formula is C18H22O6S. The van der Waals surface area contributed by atoms with Crippen molar-refractivity contribution in [2.75, 3.05) is 19.4 Å². The molecule has 7 heteroatoms. The highest BCUT2D eigenvalue weighted by molar-refractivity contribution is 7.86. The number of hydrogen-bond donors (Lipinski definition) is 1. The van der Waals surface area contributed by atoms with E-state index in [-0.39, 0.29) is 11.5 Å². The molecule has 0 aliphatic heterocycles. The molecule has 136 valence electrons. The van der Waals surface area contributed by atoms with Crippen molar-refractivity contribution in [3.63, 3.8) is 0 Å². The van der Waals surface area contributed by atoms with Crippen LogP contribution in [0.25, 0.3) is 0 Å². The molecule has 0 fully saturated rings. The van der Waals surface area contributed by atoms with E-state index in [1.807, 2.05) is 0 Å². The Morgan fingerprint density at radius 3 is 2.36 bits per heavy atom. The maximum atomic E-state index is 11.6. The summed E-state index contributed by atoms with van der Waals surface area (Å²) in [6.45, 7) is -6.77. The molecule has 2 atom stereocenters. The predicted octanol–water partition coefficient (Wildman–Crippen LogP) is 2.54. The Bertz CT molecular complexity index is 934. The van der Waals surface area contributed by atoms with Crippen LogP contribution in [0.15, 0.2) is 54.6 Å². The number of aliphatic hydroxyl groups is 1. The highest BCUT2D eigenvalue weighted by atomic mass is 32.2. The van der Waals surface area contributed by atoms with Crippen LogP contribution in [0.2, 0.25) is 0 Å². The Kier molecular flexibility index (Phi) is 4.66. The first-order valence-electron chi connectivity index (χ1n) is 9.83. The third-order valence-corrected chi connectivity index (χ3v) is 3.80. The molecule has 0 aliphatic carbocycles. The van der Waals surface area contributed by atoms with Gasteiger partial charge in [-0.05, 0) is 24.5 Å². The van der Waals surface area contributed by atoms with Crippen LogP contribution in [-0.2, 0) is 14.3 Å². The van der Waals surface area contributed by atoms with E-state index in [1.54, 1.807) is 36.4 Å². The minimum atomic E-state index is -3.94. The monoisotopic (exact) mass is 371 g/mol. The van der Waals surface area contributed by atoms with Gasteiger partial charge in [0.1, 0.15) is 6.10 Å². The molecule has 0 saturated heterocycles. The summed E-state index contributed by atoms with van der Waals surface area (Å²) in [5, 5.41) is 9.73. The van der Waals surface area contributed by atoms with Crippen molar-refractivity contribution in [3.05, 3.63) is 60.2 Å². The SMILES string of the molecule is [2H]C([2H])([2H])C([2H])([2H])Oc1ccccc1OC(c1ccccc1)C(CO)OS(C)(=O)=O. The van der Waals surface area contributed by atoms with E-state index in [2.05, 4.69) is 0 Å². The molecule has 2 rings (SSSR count). The lowest BCUT2D eigenvalue weighted by atomic mass is 10.0. The molecule has 2 aromatic carbocycles. The van der Waals surface area contributed by atoms with E-state index in [0.29, 0.717) is 5.56 Å². The van der Waals surface area contributed by atoms with Crippen LogP contribution in [0.5, 0.6) is 11.5 Å². The van der Waals surface area contributed by atoms with Gasteiger partial charge in [0, 0.05) is 4.11 Å². The fourth-order valence-electron chi connectivity index (χ4n) is 2.23. The van der Waals surface area contributed by atoms with Crippen molar-refractivity contribution < 1.29 is 34.0 Å².